The molecular formula is C20H23N4+. The van der Waals surface area contributed by atoms with E-state index in [0.717, 1.165) is 41.7 Å². The molecule has 3 rings (SSSR count). The monoisotopic (exact) mass is 319 g/mol. The Balaban J connectivity index is 1.97. The molecule has 0 aliphatic heterocycles. The fraction of sp³-hybridized carbons (Fsp3) is 0.250. The second-order valence-electron chi connectivity index (χ2n) is 6.44. The molecule has 4 heteroatoms. The summed E-state index contributed by atoms with van der Waals surface area (Å²) in [5.74, 6) is 1.02. The normalized spacial score (nSPS) is 11.5. The predicted octanol–water partition coefficient (Wildman–Crippen LogP) is 3.83. The van der Waals surface area contributed by atoms with Gasteiger partial charge in [-0.2, -0.15) is 0 Å². The second-order valence-corrected chi connectivity index (χ2v) is 6.44. The van der Waals surface area contributed by atoms with Crippen LogP contribution in [0.15, 0.2) is 60.8 Å². The minimum absolute atomic E-state index is 0.633. The molecule has 0 saturated carbocycles. The fourth-order valence-corrected chi connectivity index (χ4v) is 2.98. The maximum atomic E-state index is 4.68. The molecule has 0 atom stereocenters. The summed E-state index contributed by atoms with van der Waals surface area (Å²) in [7, 11) is 2.19. The van der Waals surface area contributed by atoms with Crippen LogP contribution in [0.5, 0.6) is 0 Å². The third-order valence-electron chi connectivity index (χ3n) is 4.12. The van der Waals surface area contributed by atoms with Gasteiger partial charge in [0.25, 0.3) is 0 Å². The van der Waals surface area contributed by atoms with Crippen LogP contribution in [0.1, 0.15) is 22.8 Å². The molecule has 0 radical (unpaired) electrons. The van der Waals surface area contributed by atoms with Crippen molar-refractivity contribution in [2.45, 2.75) is 26.9 Å². The standard InChI is InChI=1S/C20H23N4/c1-16-8-6-10-18(22-16)14-24(3,20-12-4-5-13-21-20)15-19-11-7-9-17(2)23-19/h4-13H,14-15H2,1-3H3/q+1. The number of rotatable bonds is 5. The van der Waals surface area contributed by atoms with E-state index in [-0.39, 0.29) is 0 Å². The van der Waals surface area contributed by atoms with Crippen molar-refractivity contribution in [2.75, 3.05) is 7.05 Å². The van der Waals surface area contributed by atoms with Gasteiger partial charge in [-0.05, 0) is 44.2 Å². The number of hydrogen-bond acceptors (Lipinski definition) is 3. The lowest BCUT2D eigenvalue weighted by molar-refractivity contribution is 0.298. The van der Waals surface area contributed by atoms with Crippen molar-refractivity contribution in [2.24, 2.45) is 0 Å². The molecule has 0 aromatic carbocycles. The van der Waals surface area contributed by atoms with E-state index in [1.165, 1.54) is 0 Å². The van der Waals surface area contributed by atoms with Gasteiger partial charge in [-0.3, -0.25) is 14.5 Å². The Labute approximate surface area is 143 Å². The Hall–Kier alpha value is -2.59. The van der Waals surface area contributed by atoms with Crippen LogP contribution in [0.4, 0.5) is 5.82 Å². The van der Waals surface area contributed by atoms with Crippen LogP contribution in [0, 0.1) is 13.8 Å². The molecule has 24 heavy (non-hydrogen) atoms. The van der Waals surface area contributed by atoms with Gasteiger partial charge in [0.05, 0.1) is 18.4 Å². The van der Waals surface area contributed by atoms with Crippen LogP contribution in [-0.2, 0) is 13.1 Å². The van der Waals surface area contributed by atoms with Crippen molar-refractivity contribution >= 4 is 5.82 Å². The van der Waals surface area contributed by atoms with Crippen LogP contribution in [-0.4, -0.2) is 22.0 Å². The lowest BCUT2D eigenvalue weighted by Gasteiger charge is -2.32. The van der Waals surface area contributed by atoms with Gasteiger partial charge in [0.1, 0.15) is 13.1 Å². The minimum atomic E-state index is 0.633. The third-order valence-corrected chi connectivity index (χ3v) is 4.12. The first kappa shape index (κ1) is 16.3. The van der Waals surface area contributed by atoms with E-state index in [1.807, 2.05) is 44.3 Å². The number of aryl methyl sites for hydroxylation is 2. The number of nitrogens with zero attached hydrogens (tertiary/aromatic N) is 4. The summed E-state index contributed by atoms with van der Waals surface area (Å²) in [5.41, 5.74) is 4.20. The quantitative estimate of drug-likeness (QED) is 0.671. The first-order chi connectivity index (χ1) is 11.5. The summed E-state index contributed by atoms with van der Waals surface area (Å²) in [6.45, 7) is 5.59. The van der Waals surface area contributed by atoms with Gasteiger partial charge in [-0.15, -0.1) is 0 Å². The van der Waals surface area contributed by atoms with Gasteiger partial charge in [-0.1, -0.05) is 18.2 Å². The van der Waals surface area contributed by atoms with E-state index >= 15 is 0 Å². The van der Waals surface area contributed by atoms with E-state index in [1.54, 1.807) is 0 Å². The lowest BCUT2D eigenvalue weighted by atomic mass is 10.2. The highest BCUT2D eigenvalue weighted by Gasteiger charge is 2.28. The second kappa shape index (κ2) is 6.89. The van der Waals surface area contributed by atoms with E-state index in [9.17, 15) is 0 Å². The zero-order valence-corrected chi connectivity index (χ0v) is 14.5. The Bertz CT molecular complexity index is 767. The van der Waals surface area contributed by atoms with E-state index in [4.69, 9.17) is 0 Å². The molecule has 3 aromatic rings. The maximum Gasteiger partial charge on any atom is 0.227 e. The lowest BCUT2D eigenvalue weighted by Crippen LogP contribution is -2.44. The first-order valence-electron chi connectivity index (χ1n) is 8.16. The molecule has 0 N–H and O–H groups in total. The van der Waals surface area contributed by atoms with Gasteiger partial charge in [0, 0.05) is 23.7 Å². The van der Waals surface area contributed by atoms with E-state index in [2.05, 4.69) is 52.3 Å². The van der Waals surface area contributed by atoms with Crippen molar-refractivity contribution in [1.29, 1.82) is 0 Å². The number of quaternary nitrogens is 1. The van der Waals surface area contributed by atoms with Gasteiger partial charge >= 0.3 is 0 Å². The Morgan fingerprint density at radius 2 is 1.33 bits per heavy atom. The van der Waals surface area contributed by atoms with Crippen molar-refractivity contribution in [3.8, 4) is 0 Å². The summed E-state index contributed by atoms with van der Waals surface area (Å²) in [6, 6.07) is 18.4. The highest BCUT2D eigenvalue weighted by molar-refractivity contribution is 5.34. The van der Waals surface area contributed by atoms with Crippen LogP contribution < -0.4 is 4.48 Å². The number of aromatic nitrogens is 3. The molecule has 0 bridgehead atoms. The Morgan fingerprint density at radius 1 is 0.750 bits per heavy atom. The zero-order chi connectivity index (χ0) is 17.0. The maximum absolute atomic E-state index is 4.68. The molecule has 0 unspecified atom stereocenters. The molecule has 0 fully saturated rings. The largest absolute Gasteiger partial charge is 0.267 e. The van der Waals surface area contributed by atoms with Gasteiger partial charge < -0.3 is 0 Å². The zero-order valence-electron chi connectivity index (χ0n) is 14.5. The van der Waals surface area contributed by atoms with Crippen molar-refractivity contribution < 1.29 is 0 Å². The molecular weight excluding hydrogens is 296 g/mol. The first-order valence-corrected chi connectivity index (χ1v) is 8.16. The predicted molar refractivity (Wildman–Crippen MR) is 97.3 cm³/mol. The molecule has 122 valence electrons. The minimum Gasteiger partial charge on any atom is -0.267 e. The molecule has 3 aromatic heterocycles. The van der Waals surface area contributed by atoms with Crippen LogP contribution in [0.25, 0.3) is 0 Å². The van der Waals surface area contributed by atoms with Crippen LogP contribution in [0.3, 0.4) is 0 Å². The highest BCUT2D eigenvalue weighted by atomic mass is 15.4. The topological polar surface area (TPSA) is 38.7 Å². The molecule has 3 heterocycles. The van der Waals surface area contributed by atoms with Crippen molar-refractivity contribution in [1.82, 2.24) is 19.4 Å². The average Bonchev–Trinajstić information content (AvgIpc) is 2.55. The molecule has 4 nitrogen and oxygen atoms in total. The van der Waals surface area contributed by atoms with Gasteiger partial charge in [0.15, 0.2) is 0 Å². The van der Waals surface area contributed by atoms with Gasteiger partial charge in [0.2, 0.25) is 5.82 Å². The molecule has 0 aliphatic rings. The summed E-state index contributed by atoms with van der Waals surface area (Å²) in [4.78, 5) is 14.0. The summed E-state index contributed by atoms with van der Waals surface area (Å²) >= 11 is 0. The van der Waals surface area contributed by atoms with Crippen LogP contribution >= 0.6 is 0 Å². The molecule has 0 amide bonds. The molecule has 0 spiro atoms. The molecule has 0 saturated heterocycles. The molecule has 0 aliphatic carbocycles. The highest BCUT2D eigenvalue weighted by Crippen LogP contribution is 2.24. The Morgan fingerprint density at radius 3 is 1.79 bits per heavy atom. The van der Waals surface area contributed by atoms with E-state index < -0.39 is 0 Å². The van der Waals surface area contributed by atoms with Crippen molar-refractivity contribution in [3.63, 3.8) is 0 Å². The summed E-state index contributed by atoms with van der Waals surface area (Å²) in [6.07, 6.45) is 1.85. The number of hydrogen-bond donors (Lipinski definition) is 0. The van der Waals surface area contributed by atoms with Crippen LogP contribution in [0.2, 0.25) is 0 Å². The smallest absolute Gasteiger partial charge is 0.227 e. The summed E-state index contributed by atoms with van der Waals surface area (Å²) < 4.78 is 0.633. The average molecular weight is 319 g/mol. The van der Waals surface area contributed by atoms with Crippen molar-refractivity contribution in [3.05, 3.63) is 83.6 Å². The van der Waals surface area contributed by atoms with Gasteiger partial charge in [-0.25, -0.2) is 4.98 Å². The van der Waals surface area contributed by atoms with E-state index in [0.29, 0.717) is 4.48 Å². The third kappa shape index (κ3) is 3.84. The Kier molecular flexibility index (Phi) is 4.67. The summed E-state index contributed by atoms with van der Waals surface area (Å²) in [5, 5.41) is 0. The number of pyridine rings is 3. The SMILES string of the molecule is Cc1cccc(C[N+](C)(Cc2cccc(C)n2)c2ccccn2)n1. The fourth-order valence-electron chi connectivity index (χ4n) is 2.98.